The molecule has 2 aromatic carbocycles. The van der Waals surface area contributed by atoms with E-state index >= 15 is 0 Å². The first-order valence-electron chi connectivity index (χ1n) is 9.59. The van der Waals surface area contributed by atoms with Gasteiger partial charge in [0.25, 0.3) is 5.91 Å². The summed E-state index contributed by atoms with van der Waals surface area (Å²) in [6.07, 6.45) is 1.95. The number of carbonyl (C=O) groups excluding carboxylic acids is 1. The number of likely N-dealkylation sites (tertiary alicyclic amines) is 1. The normalized spacial score (nSPS) is 15.5. The molecule has 1 saturated heterocycles. The van der Waals surface area contributed by atoms with Gasteiger partial charge in [-0.1, -0.05) is 35.9 Å². The van der Waals surface area contributed by atoms with Crippen molar-refractivity contribution < 1.29 is 4.79 Å². The van der Waals surface area contributed by atoms with Crippen LogP contribution in [0.4, 0.5) is 0 Å². The third-order valence-electron chi connectivity index (χ3n) is 5.17. The van der Waals surface area contributed by atoms with Gasteiger partial charge in [0.1, 0.15) is 0 Å². The van der Waals surface area contributed by atoms with E-state index in [-0.39, 0.29) is 11.9 Å². The molecule has 0 aliphatic carbocycles. The van der Waals surface area contributed by atoms with Crippen LogP contribution in [-0.4, -0.2) is 29.9 Å². The smallest absolute Gasteiger partial charge is 0.251 e. The van der Waals surface area contributed by atoms with Crippen LogP contribution in [0.2, 0.25) is 5.02 Å². The molecule has 3 nitrogen and oxygen atoms in total. The molecule has 0 spiro atoms. The molecule has 3 aromatic rings. The van der Waals surface area contributed by atoms with Gasteiger partial charge in [-0.25, -0.2) is 0 Å². The summed E-state index contributed by atoms with van der Waals surface area (Å²) >= 11 is 7.67. The van der Waals surface area contributed by atoms with Crippen LogP contribution in [0.1, 0.15) is 28.8 Å². The van der Waals surface area contributed by atoms with E-state index < -0.39 is 0 Å². The largest absolute Gasteiger partial charge is 0.349 e. The third kappa shape index (κ3) is 4.82. The maximum atomic E-state index is 12.4. The molecule has 28 heavy (non-hydrogen) atoms. The van der Waals surface area contributed by atoms with Crippen LogP contribution in [0.25, 0.3) is 10.4 Å². The molecule has 5 heteroatoms. The van der Waals surface area contributed by atoms with Gasteiger partial charge in [0, 0.05) is 41.1 Å². The third-order valence-corrected chi connectivity index (χ3v) is 6.34. The number of nitrogens with one attached hydrogen (secondary N) is 1. The molecule has 1 amide bonds. The molecule has 1 aliphatic heterocycles. The predicted molar refractivity (Wildman–Crippen MR) is 117 cm³/mol. The van der Waals surface area contributed by atoms with Crippen molar-refractivity contribution in [2.45, 2.75) is 25.4 Å². The SMILES string of the molecule is O=C(NC1CCN(Cc2cccc(-c3cccs3)c2)CC1)c1ccc(Cl)cc1. The van der Waals surface area contributed by atoms with Gasteiger partial charge in [-0.15, -0.1) is 11.3 Å². The van der Waals surface area contributed by atoms with Crippen LogP contribution in [0.3, 0.4) is 0 Å². The van der Waals surface area contributed by atoms with E-state index in [0.29, 0.717) is 10.6 Å². The first kappa shape index (κ1) is 19.2. The second kappa shape index (κ2) is 8.91. The number of carbonyl (C=O) groups is 1. The molecular formula is C23H23ClN2OS. The maximum absolute atomic E-state index is 12.4. The Morgan fingerprint density at radius 1 is 1.07 bits per heavy atom. The first-order chi connectivity index (χ1) is 13.7. The van der Waals surface area contributed by atoms with Gasteiger partial charge < -0.3 is 5.32 Å². The Labute approximate surface area is 175 Å². The summed E-state index contributed by atoms with van der Waals surface area (Å²) < 4.78 is 0. The van der Waals surface area contributed by atoms with Gasteiger partial charge in [0.2, 0.25) is 0 Å². The molecule has 1 fully saturated rings. The van der Waals surface area contributed by atoms with E-state index in [1.807, 2.05) is 0 Å². The Bertz CT molecular complexity index is 916. The number of benzene rings is 2. The number of amides is 1. The fourth-order valence-corrected chi connectivity index (χ4v) is 4.48. The molecule has 0 saturated carbocycles. The minimum atomic E-state index is -0.0150. The molecule has 1 N–H and O–H groups in total. The van der Waals surface area contributed by atoms with Gasteiger partial charge in [0.15, 0.2) is 0 Å². The zero-order valence-electron chi connectivity index (χ0n) is 15.6. The van der Waals surface area contributed by atoms with E-state index in [4.69, 9.17) is 11.6 Å². The summed E-state index contributed by atoms with van der Waals surface area (Å²) in [5, 5.41) is 5.92. The molecule has 1 aromatic heterocycles. The lowest BCUT2D eigenvalue weighted by Gasteiger charge is -2.32. The minimum Gasteiger partial charge on any atom is -0.349 e. The van der Waals surface area contributed by atoms with E-state index in [1.54, 1.807) is 35.6 Å². The molecule has 0 bridgehead atoms. The van der Waals surface area contributed by atoms with E-state index in [0.717, 1.165) is 32.5 Å². The van der Waals surface area contributed by atoms with Crippen molar-refractivity contribution in [3.05, 3.63) is 82.2 Å². The highest BCUT2D eigenvalue weighted by atomic mass is 35.5. The van der Waals surface area contributed by atoms with Crippen LogP contribution >= 0.6 is 22.9 Å². The Balaban J connectivity index is 1.29. The predicted octanol–water partition coefficient (Wildman–Crippen LogP) is 5.46. The number of piperidine rings is 1. The van der Waals surface area contributed by atoms with Crippen LogP contribution in [0.15, 0.2) is 66.0 Å². The average molecular weight is 411 g/mol. The lowest BCUT2D eigenvalue weighted by molar-refractivity contribution is 0.0909. The Morgan fingerprint density at radius 3 is 2.57 bits per heavy atom. The van der Waals surface area contributed by atoms with Crippen molar-refractivity contribution in [3.8, 4) is 10.4 Å². The molecule has 0 unspecified atom stereocenters. The average Bonchev–Trinajstić information content (AvgIpc) is 3.25. The molecule has 144 valence electrons. The van der Waals surface area contributed by atoms with Crippen molar-refractivity contribution in [3.63, 3.8) is 0 Å². The van der Waals surface area contributed by atoms with Crippen molar-refractivity contribution in [1.29, 1.82) is 0 Å². The molecule has 0 radical (unpaired) electrons. The first-order valence-corrected chi connectivity index (χ1v) is 10.8. The maximum Gasteiger partial charge on any atom is 0.251 e. The lowest BCUT2D eigenvalue weighted by atomic mass is 10.0. The number of hydrogen-bond acceptors (Lipinski definition) is 3. The van der Waals surface area contributed by atoms with Crippen molar-refractivity contribution in [1.82, 2.24) is 10.2 Å². The monoisotopic (exact) mass is 410 g/mol. The van der Waals surface area contributed by atoms with Crippen molar-refractivity contribution in [2.75, 3.05) is 13.1 Å². The van der Waals surface area contributed by atoms with Gasteiger partial charge in [-0.2, -0.15) is 0 Å². The van der Waals surface area contributed by atoms with Gasteiger partial charge in [0.05, 0.1) is 0 Å². The Morgan fingerprint density at radius 2 is 1.86 bits per heavy atom. The molecular weight excluding hydrogens is 388 g/mol. The van der Waals surface area contributed by atoms with Crippen LogP contribution < -0.4 is 5.32 Å². The quantitative estimate of drug-likeness (QED) is 0.605. The zero-order chi connectivity index (χ0) is 19.3. The minimum absolute atomic E-state index is 0.0150. The van der Waals surface area contributed by atoms with Crippen LogP contribution in [0.5, 0.6) is 0 Å². The van der Waals surface area contributed by atoms with Crippen LogP contribution in [0, 0.1) is 0 Å². The fourth-order valence-electron chi connectivity index (χ4n) is 3.63. The summed E-state index contributed by atoms with van der Waals surface area (Å²) in [6.45, 7) is 2.95. The molecule has 0 atom stereocenters. The van der Waals surface area contributed by atoms with Gasteiger partial charge in [-0.05, 0) is 65.7 Å². The molecule has 2 heterocycles. The van der Waals surface area contributed by atoms with E-state index in [1.165, 1.54) is 16.0 Å². The zero-order valence-corrected chi connectivity index (χ0v) is 17.2. The molecule has 4 rings (SSSR count). The Kier molecular flexibility index (Phi) is 6.10. The second-order valence-corrected chi connectivity index (χ2v) is 8.59. The summed E-state index contributed by atoms with van der Waals surface area (Å²) in [7, 11) is 0. The summed E-state index contributed by atoms with van der Waals surface area (Å²) in [6, 6.07) is 20.3. The highest BCUT2D eigenvalue weighted by molar-refractivity contribution is 7.13. The van der Waals surface area contributed by atoms with E-state index in [9.17, 15) is 4.79 Å². The lowest BCUT2D eigenvalue weighted by Crippen LogP contribution is -2.44. The van der Waals surface area contributed by atoms with E-state index in [2.05, 4.69) is 52.0 Å². The second-order valence-electron chi connectivity index (χ2n) is 7.21. The van der Waals surface area contributed by atoms with Crippen molar-refractivity contribution in [2.24, 2.45) is 0 Å². The molecule has 1 aliphatic rings. The van der Waals surface area contributed by atoms with Crippen molar-refractivity contribution >= 4 is 28.8 Å². The number of hydrogen-bond donors (Lipinski definition) is 1. The van der Waals surface area contributed by atoms with Gasteiger partial charge in [-0.3, -0.25) is 9.69 Å². The van der Waals surface area contributed by atoms with Gasteiger partial charge >= 0.3 is 0 Å². The highest BCUT2D eigenvalue weighted by Gasteiger charge is 2.21. The summed E-state index contributed by atoms with van der Waals surface area (Å²) in [5.74, 6) is -0.0150. The number of rotatable bonds is 5. The summed E-state index contributed by atoms with van der Waals surface area (Å²) in [4.78, 5) is 16.2. The topological polar surface area (TPSA) is 32.3 Å². The Hall–Kier alpha value is -2.14. The number of thiophene rings is 1. The fraction of sp³-hybridized carbons (Fsp3) is 0.261. The van der Waals surface area contributed by atoms with Crippen LogP contribution in [-0.2, 0) is 6.54 Å². The number of nitrogens with zero attached hydrogens (tertiary/aromatic N) is 1. The number of halogens is 1. The standard InChI is InChI=1S/C23H23ClN2OS/c24-20-8-6-18(7-9-20)23(27)25-21-10-12-26(13-11-21)16-17-3-1-4-19(15-17)22-5-2-14-28-22/h1-9,14-15,21H,10-13,16H2,(H,25,27). The summed E-state index contributed by atoms with van der Waals surface area (Å²) in [5.41, 5.74) is 3.30. The highest BCUT2D eigenvalue weighted by Crippen LogP contribution is 2.26.